The number of hydrogen-bond acceptors (Lipinski definition) is 3. The quantitative estimate of drug-likeness (QED) is 0.815. The van der Waals surface area contributed by atoms with Gasteiger partial charge in [0.2, 0.25) is 0 Å². The first-order valence-corrected chi connectivity index (χ1v) is 6.14. The van der Waals surface area contributed by atoms with Crippen LogP contribution in [0.2, 0.25) is 0 Å². The maximum absolute atomic E-state index is 11.7. The van der Waals surface area contributed by atoms with Gasteiger partial charge in [0, 0.05) is 18.3 Å². The van der Waals surface area contributed by atoms with E-state index in [1.165, 1.54) is 0 Å². The smallest absolute Gasteiger partial charge is 0.155 e. The first kappa shape index (κ1) is 11.1. The molecule has 0 aliphatic heterocycles. The van der Waals surface area contributed by atoms with E-state index in [-0.39, 0.29) is 11.7 Å². The maximum Gasteiger partial charge on any atom is 0.155 e. The van der Waals surface area contributed by atoms with Gasteiger partial charge in [0.15, 0.2) is 5.78 Å². The largest absolute Gasteiger partial charge is 0.323 e. The standard InChI is InChI=1S/C12H14N2OS/c1-9(2)10(15)8-14-6-5-13-12(14)11-4-3-7-16-11/h3-7,9H,8H2,1-2H3. The summed E-state index contributed by atoms with van der Waals surface area (Å²) in [5.41, 5.74) is 0. The molecule has 16 heavy (non-hydrogen) atoms. The van der Waals surface area contributed by atoms with Crippen LogP contribution in [0.25, 0.3) is 10.7 Å². The Labute approximate surface area is 98.8 Å². The fourth-order valence-electron chi connectivity index (χ4n) is 1.42. The predicted molar refractivity (Wildman–Crippen MR) is 65.4 cm³/mol. The van der Waals surface area contributed by atoms with E-state index in [2.05, 4.69) is 4.98 Å². The minimum absolute atomic E-state index is 0.0681. The summed E-state index contributed by atoms with van der Waals surface area (Å²) >= 11 is 1.64. The lowest BCUT2D eigenvalue weighted by molar-refractivity contribution is -0.122. The number of carbonyl (C=O) groups is 1. The summed E-state index contributed by atoms with van der Waals surface area (Å²) in [6.45, 7) is 4.25. The highest BCUT2D eigenvalue weighted by molar-refractivity contribution is 7.13. The Morgan fingerprint density at radius 1 is 1.56 bits per heavy atom. The highest BCUT2D eigenvalue weighted by atomic mass is 32.1. The zero-order valence-electron chi connectivity index (χ0n) is 9.38. The van der Waals surface area contributed by atoms with Crippen LogP contribution in [0.3, 0.4) is 0 Å². The lowest BCUT2D eigenvalue weighted by Crippen LogP contribution is -2.15. The SMILES string of the molecule is CC(C)C(=O)Cn1ccnc1-c1cccs1. The summed E-state index contributed by atoms with van der Waals surface area (Å²) in [7, 11) is 0. The minimum atomic E-state index is 0.0681. The van der Waals surface area contributed by atoms with Gasteiger partial charge in [-0.2, -0.15) is 0 Å². The molecule has 0 atom stereocenters. The third kappa shape index (κ3) is 2.22. The predicted octanol–water partition coefficient (Wildman–Crippen LogP) is 2.84. The van der Waals surface area contributed by atoms with Crippen LogP contribution in [0.15, 0.2) is 29.9 Å². The summed E-state index contributed by atoms with van der Waals surface area (Å²) < 4.78 is 1.91. The maximum atomic E-state index is 11.7. The van der Waals surface area contributed by atoms with Crippen molar-refractivity contribution in [2.24, 2.45) is 5.92 Å². The third-order valence-corrected chi connectivity index (χ3v) is 3.29. The molecule has 0 N–H and O–H groups in total. The number of rotatable bonds is 4. The first-order valence-electron chi connectivity index (χ1n) is 5.26. The molecule has 0 aliphatic carbocycles. The first-order chi connectivity index (χ1) is 7.68. The van der Waals surface area contributed by atoms with Gasteiger partial charge < -0.3 is 4.57 Å². The number of hydrogen-bond donors (Lipinski definition) is 0. The van der Waals surface area contributed by atoms with E-state index in [1.54, 1.807) is 17.5 Å². The van der Waals surface area contributed by atoms with Crippen LogP contribution in [0, 0.1) is 5.92 Å². The Morgan fingerprint density at radius 2 is 2.38 bits per heavy atom. The Hall–Kier alpha value is -1.42. The molecule has 2 aromatic heterocycles. The van der Waals surface area contributed by atoms with Crippen LogP contribution >= 0.6 is 11.3 Å². The number of imidazole rings is 1. The molecule has 3 nitrogen and oxygen atoms in total. The molecule has 0 saturated carbocycles. The minimum Gasteiger partial charge on any atom is -0.323 e. The molecule has 0 bridgehead atoms. The third-order valence-electron chi connectivity index (χ3n) is 2.43. The summed E-state index contributed by atoms with van der Waals surface area (Å²) in [6.07, 6.45) is 3.60. The van der Waals surface area contributed by atoms with Crippen molar-refractivity contribution in [3.05, 3.63) is 29.9 Å². The molecular formula is C12H14N2OS. The van der Waals surface area contributed by atoms with Gasteiger partial charge in [0.25, 0.3) is 0 Å². The molecule has 0 spiro atoms. The average molecular weight is 234 g/mol. The second kappa shape index (κ2) is 4.61. The van der Waals surface area contributed by atoms with E-state index in [0.717, 1.165) is 10.7 Å². The molecule has 2 heterocycles. The second-order valence-corrected chi connectivity index (χ2v) is 4.92. The fourth-order valence-corrected chi connectivity index (χ4v) is 2.15. The van der Waals surface area contributed by atoms with E-state index < -0.39 is 0 Å². The van der Waals surface area contributed by atoms with Gasteiger partial charge in [0.1, 0.15) is 5.82 Å². The molecular weight excluding hydrogens is 220 g/mol. The molecule has 4 heteroatoms. The molecule has 0 radical (unpaired) electrons. The van der Waals surface area contributed by atoms with Crippen LogP contribution in [-0.4, -0.2) is 15.3 Å². The zero-order chi connectivity index (χ0) is 11.5. The fraction of sp³-hybridized carbons (Fsp3) is 0.333. The van der Waals surface area contributed by atoms with E-state index in [0.29, 0.717) is 6.54 Å². The van der Waals surface area contributed by atoms with E-state index in [4.69, 9.17) is 0 Å². The molecule has 0 aromatic carbocycles. The highest BCUT2D eigenvalue weighted by Gasteiger charge is 2.12. The summed E-state index contributed by atoms with van der Waals surface area (Å²) in [4.78, 5) is 17.1. The summed E-state index contributed by atoms with van der Waals surface area (Å²) in [5.74, 6) is 1.18. The van der Waals surface area contributed by atoms with Crippen molar-refractivity contribution in [3.63, 3.8) is 0 Å². The summed E-state index contributed by atoms with van der Waals surface area (Å²) in [5, 5.41) is 2.01. The molecule has 2 aromatic rings. The molecule has 0 unspecified atom stereocenters. The van der Waals surface area contributed by atoms with Crippen LogP contribution in [0.4, 0.5) is 0 Å². The van der Waals surface area contributed by atoms with Crippen molar-refractivity contribution in [2.75, 3.05) is 0 Å². The Kier molecular flexibility index (Phi) is 3.19. The molecule has 0 fully saturated rings. The molecule has 2 rings (SSSR count). The monoisotopic (exact) mass is 234 g/mol. The number of thiophene rings is 1. The van der Waals surface area contributed by atoms with E-state index >= 15 is 0 Å². The molecule has 0 amide bonds. The zero-order valence-corrected chi connectivity index (χ0v) is 10.2. The van der Waals surface area contributed by atoms with Crippen molar-refractivity contribution in [2.45, 2.75) is 20.4 Å². The molecule has 0 aliphatic rings. The van der Waals surface area contributed by atoms with Gasteiger partial charge in [-0.05, 0) is 11.4 Å². The van der Waals surface area contributed by atoms with Crippen LogP contribution < -0.4 is 0 Å². The highest BCUT2D eigenvalue weighted by Crippen LogP contribution is 2.22. The van der Waals surface area contributed by atoms with Gasteiger partial charge in [-0.25, -0.2) is 4.98 Å². The van der Waals surface area contributed by atoms with Crippen LogP contribution in [-0.2, 0) is 11.3 Å². The van der Waals surface area contributed by atoms with Gasteiger partial charge >= 0.3 is 0 Å². The van der Waals surface area contributed by atoms with Gasteiger partial charge in [-0.1, -0.05) is 19.9 Å². The lowest BCUT2D eigenvalue weighted by Gasteiger charge is -2.07. The van der Waals surface area contributed by atoms with Gasteiger partial charge in [0.05, 0.1) is 11.4 Å². The number of ketones is 1. The lowest BCUT2D eigenvalue weighted by atomic mass is 10.1. The summed E-state index contributed by atoms with van der Waals surface area (Å²) in [6, 6.07) is 4.01. The van der Waals surface area contributed by atoms with Crippen molar-refractivity contribution in [1.29, 1.82) is 0 Å². The number of aromatic nitrogens is 2. The van der Waals surface area contributed by atoms with Crippen molar-refractivity contribution in [1.82, 2.24) is 9.55 Å². The van der Waals surface area contributed by atoms with Crippen molar-refractivity contribution >= 4 is 17.1 Å². The second-order valence-electron chi connectivity index (χ2n) is 3.98. The Balaban J connectivity index is 2.24. The van der Waals surface area contributed by atoms with Gasteiger partial charge in [-0.3, -0.25) is 4.79 Å². The number of carbonyl (C=O) groups excluding carboxylic acids is 1. The topological polar surface area (TPSA) is 34.9 Å². The van der Waals surface area contributed by atoms with Crippen molar-refractivity contribution < 1.29 is 4.79 Å². The Bertz CT molecular complexity index is 471. The van der Waals surface area contributed by atoms with E-state index in [9.17, 15) is 4.79 Å². The normalized spacial score (nSPS) is 10.9. The van der Waals surface area contributed by atoms with Gasteiger partial charge in [-0.15, -0.1) is 11.3 Å². The number of Topliss-reactive ketones (excluding diaryl/α,β-unsaturated/α-hetero) is 1. The molecule has 84 valence electrons. The Morgan fingerprint density at radius 3 is 3.00 bits per heavy atom. The van der Waals surface area contributed by atoms with Crippen molar-refractivity contribution in [3.8, 4) is 10.7 Å². The van der Waals surface area contributed by atoms with Crippen LogP contribution in [0.1, 0.15) is 13.8 Å². The number of nitrogens with zero attached hydrogens (tertiary/aromatic N) is 2. The molecule has 0 saturated heterocycles. The van der Waals surface area contributed by atoms with Crippen LogP contribution in [0.5, 0.6) is 0 Å². The van der Waals surface area contributed by atoms with E-state index in [1.807, 2.05) is 42.1 Å². The average Bonchev–Trinajstić information content (AvgIpc) is 2.85.